The van der Waals surface area contributed by atoms with Gasteiger partial charge in [0.05, 0.1) is 22.1 Å². The van der Waals surface area contributed by atoms with Gasteiger partial charge in [0.25, 0.3) is 0 Å². The van der Waals surface area contributed by atoms with E-state index in [1.807, 2.05) is 18.2 Å². The van der Waals surface area contributed by atoms with E-state index in [0.29, 0.717) is 17.6 Å². The third kappa shape index (κ3) is 5.98. The van der Waals surface area contributed by atoms with E-state index in [4.69, 9.17) is 15.0 Å². The number of benzene rings is 9. The second-order valence-electron chi connectivity index (χ2n) is 15.6. The van der Waals surface area contributed by atoms with Crippen LogP contribution in [-0.4, -0.2) is 24.1 Å². The zero-order valence-corrected chi connectivity index (χ0v) is 33.6. The van der Waals surface area contributed by atoms with Crippen LogP contribution in [0.1, 0.15) is 0 Å². The second kappa shape index (κ2) is 14.7. The number of rotatable bonds is 7. The van der Waals surface area contributed by atoms with Crippen molar-refractivity contribution in [2.45, 2.75) is 0 Å². The van der Waals surface area contributed by atoms with E-state index in [-0.39, 0.29) is 0 Å². The average Bonchev–Trinajstić information content (AvgIpc) is 3.88. The highest BCUT2D eigenvalue weighted by Gasteiger charge is 2.23. The van der Waals surface area contributed by atoms with Crippen molar-refractivity contribution in [1.29, 1.82) is 0 Å². The summed E-state index contributed by atoms with van der Waals surface area (Å²) in [5.41, 5.74) is 14.2. The molecule has 0 N–H and O–H groups in total. The van der Waals surface area contributed by atoms with Crippen LogP contribution < -0.4 is 0 Å². The maximum absolute atomic E-state index is 5.37. The van der Waals surface area contributed by atoms with Gasteiger partial charge in [-0.25, -0.2) is 4.98 Å². The summed E-state index contributed by atoms with van der Waals surface area (Å²) >= 11 is 0. The van der Waals surface area contributed by atoms with Gasteiger partial charge in [0.15, 0.2) is 11.6 Å². The molecule has 5 heteroatoms. The lowest BCUT2D eigenvalue weighted by molar-refractivity contribution is 0.953. The lowest BCUT2D eigenvalue weighted by atomic mass is 9.98. The number of nitrogens with zero attached hydrogens (tertiary/aromatic N) is 5. The average molecular weight is 792 g/mol. The molecule has 290 valence electrons. The Labute approximate surface area is 358 Å². The van der Waals surface area contributed by atoms with E-state index in [1.54, 1.807) is 0 Å². The third-order valence-electron chi connectivity index (χ3n) is 12.0. The molecule has 12 aromatic rings. The van der Waals surface area contributed by atoms with Gasteiger partial charge in [0.2, 0.25) is 5.95 Å². The minimum atomic E-state index is 0.559. The Morgan fingerprint density at radius 2 is 0.645 bits per heavy atom. The smallest absolute Gasteiger partial charge is 0.238 e. The van der Waals surface area contributed by atoms with Gasteiger partial charge in [-0.3, -0.25) is 4.57 Å². The van der Waals surface area contributed by atoms with Crippen molar-refractivity contribution in [1.82, 2.24) is 24.1 Å². The normalized spacial score (nSPS) is 11.5. The van der Waals surface area contributed by atoms with Crippen LogP contribution in [0, 0.1) is 0 Å². The molecule has 0 aliphatic heterocycles. The molecule has 0 aliphatic carbocycles. The van der Waals surface area contributed by atoms with Crippen molar-refractivity contribution >= 4 is 43.6 Å². The van der Waals surface area contributed by atoms with Crippen LogP contribution in [0.4, 0.5) is 0 Å². The molecule has 0 spiro atoms. The predicted molar refractivity (Wildman–Crippen MR) is 256 cm³/mol. The Kier molecular flexibility index (Phi) is 8.42. The molecule has 0 saturated carbocycles. The number of hydrogen-bond acceptors (Lipinski definition) is 3. The predicted octanol–water partition coefficient (Wildman–Crippen LogP) is 14.4. The number of aromatic nitrogens is 5. The highest BCUT2D eigenvalue weighted by Crippen LogP contribution is 2.42. The Balaban J connectivity index is 1.08. The molecule has 0 radical (unpaired) electrons. The van der Waals surface area contributed by atoms with Gasteiger partial charge in [-0.05, 0) is 63.7 Å². The van der Waals surface area contributed by atoms with E-state index >= 15 is 0 Å². The Bertz CT molecular complexity index is 3590. The summed E-state index contributed by atoms with van der Waals surface area (Å²) < 4.78 is 4.66. The van der Waals surface area contributed by atoms with Gasteiger partial charge in [0.1, 0.15) is 0 Å². The van der Waals surface area contributed by atoms with Gasteiger partial charge >= 0.3 is 0 Å². The fourth-order valence-corrected chi connectivity index (χ4v) is 9.04. The molecular formula is C57H37N5. The molecule has 5 nitrogen and oxygen atoms in total. The molecule has 0 fully saturated rings. The van der Waals surface area contributed by atoms with Crippen molar-refractivity contribution in [2.75, 3.05) is 0 Å². The molecule has 0 aliphatic rings. The number of fused-ring (bicyclic) bond motifs is 7. The first-order valence-corrected chi connectivity index (χ1v) is 20.9. The highest BCUT2D eigenvalue weighted by molar-refractivity contribution is 6.23. The summed E-state index contributed by atoms with van der Waals surface area (Å²) in [7, 11) is 0. The molecule has 0 amide bonds. The third-order valence-corrected chi connectivity index (χ3v) is 12.0. The van der Waals surface area contributed by atoms with E-state index in [9.17, 15) is 0 Å². The maximum atomic E-state index is 5.37. The molecule has 62 heavy (non-hydrogen) atoms. The molecule has 3 heterocycles. The Morgan fingerprint density at radius 3 is 1.23 bits per heavy atom. The fourth-order valence-electron chi connectivity index (χ4n) is 9.04. The van der Waals surface area contributed by atoms with Crippen molar-refractivity contribution in [2.24, 2.45) is 0 Å². The van der Waals surface area contributed by atoms with E-state index < -0.39 is 0 Å². The van der Waals surface area contributed by atoms with Crippen molar-refractivity contribution < 1.29 is 0 Å². The van der Waals surface area contributed by atoms with Gasteiger partial charge in [-0.1, -0.05) is 194 Å². The molecule has 12 rings (SSSR count). The van der Waals surface area contributed by atoms with Crippen molar-refractivity contribution in [3.05, 3.63) is 224 Å². The largest absolute Gasteiger partial charge is 0.307 e. The monoisotopic (exact) mass is 791 g/mol. The summed E-state index contributed by atoms with van der Waals surface area (Å²) in [6.07, 6.45) is 0. The van der Waals surface area contributed by atoms with Crippen LogP contribution in [0.15, 0.2) is 224 Å². The van der Waals surface area contributed by atoms with Crippen LogP contribution in [-0.2, 0) is 0 Å². The summed E-state index contributed by atoms with van der Waals surface area (Å²) in [6, 6.07) is 79.2. The molecular weight excluding hydrogens is 755 g/mol. The van der Waals surface area contributed by atoms with Gasteiger partial charge in [-0.2, -0.15) is 9.97 Å². The quantitative estimate of drug-likeness (QED) is 0.162. The van der Waals surface area contributed by atoms with Gasteiger partial charge in [-0.15, -0.1) is 0 Å². The second-order valence-corrected chi connectivity index (χ2v) is 15.6. The molecule has 0 unspecified atom stereocenters. The van der Waals surface area contributed by atoms with Crippen LogP contribution >= 0.6 is 0 Å². The van der Waals surface area contributed by atoms with Crippen molar-refractivity contribution in [3.8, 4) is 67.8 Å². The van der Waals surface area contributed by atoms with Crippen LogP contribution in [0.2, 0.25) is 0 Å². The number of para-hydroxylation sites is 2. The summed E-state index contributed by atoms with van der Waals surface area (Å²) in [5.74, 6) is 1.78. The first kappa shape index (κ1) is 35.5. The lowest BCUT2D eigenvalue weighted by Gasteiger charge is -2.14. The zero-order valence-electron chi connectivity index (χ0n) is 33.6. The maximum Gasteiger partial charge on any atom is 0.238 e. The minimum absolute atomic E-state index is 0.559. The topological polar surface area (TPSA) is 48.5 Å². The first-order chi connectivity index (χ1) is 30.7. The van der Waals surface area contributed by atoms with E-state index in [1.165, 1.54) is 27.6 Å². The molecule has 0 atom stereocenters. The van der Waals surface area contributed by atoms with Gasteiger partial charge < -0.3 is 4.57 Å². The fraction of sp³-hybridized carbons (Fsp3) is 0. The lowest BCUT2D eigenvalue weighted by Crippen LogP contribution is -2.07. The highest BCUT2D eigenvalue weighted by atomic mass is 15.2. The van der Waals surface area contributed by atoms with E-state index in [0.717, 1.165) is 66.2 Å². The molecule has 0 saturated heterocycles. The standard InChI is InChI=1S/C57H37N5/c1-4-15-38(16-5-1)40-31-33-46(34-32-40)61-51-25-12-10-23-47(51)49-35-36-50-48-24-11-13-26-52(48)62(54(50)53(49)61)57-59-55(42-19-8-3-9-20-42)58-56(60-57)43-29-27-41(28-30-43)45-22-14-21-44(37-45)39-17-6-2-7-18-39/h1-37H. The molecule has 0 bridgehead atoms. The molecule has 3 aromatic heterocycles. The van der Waals surface area contributed by atoms with Gasteiger partial charge in [0, 0.05) is 38.4 Å². The zero-order chi connectivity index (χ0) is 41.0. The number of hydrogen-bond donors (Lipinski definition) is 0. The van der Waals surface area contributed by atoms with Crippen molar-refractivity contribution in [3.63, 3.8) is 0 Å². The first-order valence-electron chi connectivity index (χ1n) is 20.9. The summed E-state index contributed by atoms with van der Waals surface area (Å²) in [6.45, 7) is 0. The Hall–Kier alpha value is -8.41. The Morgan fingerprint density at radius 1 is 0.258 bits per heavy atom. The van der Waals surface area contributed by atoms with Crippen LogP contribution in [0.25, 0.3) is 111 Å². The summed E-state index contributed by atoms with van der Waals surface area (Å²) in [5, 5.41) is 4.60. The van der Waals surface area contributed by atoms with Crippen LogP contribution in [0.3, 0.4) is 0 Å². The SMILES string of the molecule is c1ccc(-c2ccc(-n3c4ccccc4c4ccc5c6ccccc6n(-c6nc(-c7ccccc7)nc(-c7ccc(-c8cccc(-c9ccccc9)c8)cc7)n6)c5c43)cc2)cc1. The summed E-state index contributed by atoms with van der Waals surface area (Å²) in [4.78, 5) is 15.8. The molecule has 9 aromatic carbocycles. The van der Waals surface area contributed by atoms with Crippen LogP contribution in [0.5, 0.6) is 0 Å². The minimum Gasteiger partial charge on any atom is -0.307 e. The van der Waals surface area contributed by atoms with E-state index in [2.05, 4.69) is 215 Å².